The number of carbonyl (C=O) groups excluding carboxylic acids is 1. The summed E-state index contributed by atoms with van der Waals surface area (Å²) in [5, 5.41) is 17.3. The van der Waals surface area contributed by atoms with Gasteiger partial charge in [-0.2, -0.15) is 0 Å². The third-order valence-corrected chi connectivity index (χ3v) is 7.69. The van der Waals surface area contributed by atoms with E-state index in [1.165, 1.54) is 33.5 Å². The Morgan fingerprint density at radius 2 is 1.94 bits per heavy atom. The van der Waals surface area contributed by atoms with Gasteiger partial charge in [0.1, 0.15) is 0 Å². The van der Waals surface area contributed by atoms with Crippen LogP contribution >= 0.6 is 34.4 Å². The van der Waals surface area contributed by atoms with Gasteiger partial charge in [-0.1, -0.05) is 55.9 Å². The maximum Gasteiger partial charge on any atom is 0.236 e. The second-order valence-corrected chi connectivity index (χ2v) is 10.1. The molecule has 6 nitrogen and oxygen atoms in total. The summed E-state index contributed by atoms with van der Waals surface area (Å²) in [6.45, 7) is 7.27. The Morgan fingerprint density at radius 3 is 2.69 bits per heavy atom. The van der Waals surface area contributed by atoms with Crippen LogP contribution in [0.5, 0.6) is 0 Å². The van der Waals surface area contributed by atoms with Gasteiger partial charge in [0.15, 0.2) is 16.1 Å². The van der Waals surface area contributed by atoms with E-state index in [4.69, 9.17) is 0 Å². The molecule has 1 amide bonds. The number of hydrogen-bond acceptors (Lipinski definition) is 7. The van der Waals surface area contributed by atoms with E-state index < -0.39 is 0 Å². The highest BCUT2D eigenvalue weighted by atomic mass is 32.2. The van der Waals surface area contributed by atoms with Crippen molar-refractivity contribution in [2.24, 2.45) is 0 Å². The van der Waals surface area contributed by atoms with Crippen molar-refractivity contribution >= 4 is 45.5 Å². The van der Waals surface area contributed by atoms with Crippen molar-refractivity contribution < 1.29 is 4.79 Å². The second kappa shape index (κ2) is 10.4. The molecule has 0 spiro atoms. The highest BCUT2D eigenvalue weighted by Crippen LogP contribution is 2.33. The van der Waals surface area contributed by atoms with Crippen molar-refractivity contribution in [1.82, 2.24) is 19.7 Å². The molecule has 4 aromatic rings. The molecule has 32 heavy (non-hydrogen) atoms. The quantitative estimate of drug-likeness (QED) is 0.289. The Bertz CT molecular complexity index is 1200. The van der Waals surface area contributed by atoms with Crippen LogP contribution < -0.4 is 5.32 Å². The molecule has 9 heteroatoms. The van der Waals surface area contributed by atoms with Gasteiger partial charge in [0.2, 0.25) is 5.91 Å². The first-order valence-corrected chi connectivity index (χ1v) is 13.3. The average molecular weight is 484 g/mol. The molecule has 0 fully saturated rings. The molecular weight excluding hydrogens is 458 g/mol. The third-order valence-electron chi connectivity index (χ3n) is 5.01. The monoisotopic (exact) mass is 483 g/mol. The van der Waals surface area contributed by atoms with Crippen LogP contribution in [0, 0.1) is 6.92 Å². The minimum atomic E-state index is -0.0998. The van der Waals surface area contributed by atoms with Crippen LogP contribution in [-0.2, 0) is 17.8 Å². The molecule has 166 valence electrons. The standard InChI is InChI=1S/C23H25N5OS3/c1-4-11-28-21(18-12-30-15(3)17(18)5-2)26-27-23(28)32-14-20(29)25-22-24-19(13-31-22)16-9-7-6-8-10-16/h6-10,12-13H,4-5,11,14H2,1-3H3,(H,24,25,29). The van der Waals surface area contributed by atoms with Gasteiger partial charge in [-0.3, -0.25) is 4.79 Å². The van der Waals surface area contributed by atoms with E-state index in [0.717, 1.165) is 47.2 Å². The summed E-state index contributed by atoms with van der Waals surface area (Å²) in [5.74, 6) is 1.05. The van der Waals surface area contributed by atoms with Crippen LogP contribution in [0.25, 0.3) is 22.6 Å². The van der Waals surface area contributed by atoms with Gasteiger partial charge in [0.05, 0.1) is 11.4 Å². The normalized spacial score (nSPS) is 11.1. The Morgan fingerprint density at radius 1 is 1.12 bits per heavy atom. The first-order valence-electron chi connectivity index (χ1n) is 10.5. The number of benzene rings is 1. The number of aromatic nitrogens is 4. The van der Waals surface area contributed by atoms with E-state index in [-0.39, 0.29) is 11.7 Å². The minimum absolute atomic E-state index is 0.0998. The molecule has 3 aromatic heterocycles. The number of thioether (sulfide) groups is 1. The molecular formula is C23H25N5OS3. The van der Waals surface area contributed by atoms with E-state index in [2.05, 4.69) is 51.2 Å². The van der Waals surface area contributed by atoms with Crippen molar-refractivity contribution in [3.63, 3.8) is 0 Å². The summed E-state index contributed by atoms with van der Waals surface area (Å²) >= 11 is 4.59. The molecule has 1 aromatic carbocycles. The van der Waals surface area contributed by atoms with Crippen LogP contribution in [0.3, 0.4) is 0 Å². The number of hydrogen-bond donors (Lipinski definition) is 1. The topological polar surface area (TPSA) is 72.7 Å². The molecule has 0 bridgehead atoms. The average Bonchev–Trinajstić information content (AvgIpc) is 3.52. The second-order valence-electron chi connectivity index (χ2n) is 7.24. The van der Waals surface area contributed by atoms with E-state index >= 15 is 0 Å². The Hall–Kier alpha value is -2.49. The van der Waals surface area contributed by atoms with Crippen LogP contribution in [0.4, 0.5) is 5.13 Å². The summed E-state index contributed by atoms with van der Waals surface area (Å²) in [6.07, 6.45) is 1.93. The molecule has 0 aliphatic heterocycles. The van der Waals surface area contributed by atoms with Crippen molar-refractivity contribution in [3.05, 3.63) is 51.5 Å². The maximum atomic E-state index is 12.6. The number of nitrogens with one attached hydrogen (secondary N) is 1. The number of amides is 1. The lowest BCUT2D eigenvalue weighted by Gasteiger charge is -2.09. The number of thiazole rings is 1. The number of anilines is 1. The maximum absolute atomic E-state index is 12.6. The van der Waals surface area contributed by atoms with E-state index in [1.54, 1.807) is 11.3 Å². The van der Waals surface area contributed by atoms with Crippen molar-refractivity contribution in [3.8, 4) is 22.6 Å². The Kier molecular flexibility index (Phi) is 7.39. The highest BCUT2D eigenvalue weighted by molar-refractivity contribution is 7.99. The molecule has 0 unspecified atom stereocenters. The summed E-state index contributed by atoms with van der Waals surface area (Å²) < 4.78 is 2.13. The van der Waals surface area contributed by atoms with Gasteiger partial charge in [0, 0.05) is 33.3 Å². The van der Waals surface area contributed by atoms with E-state index in [9.17, 15) is 4.79 Å². The molecule has 0 aliphatic rings. The van der Waals surface area contributed by atoms with Crippen LogP contribution in [0.15, 0.2) is 46.2 Å². The van der Waals surface area contributed by atoms with Gasteiger partial charge >= 0.3 is 0 Å². The fraction of sp³-hybridized carbons (Fsp3) is 0.304. The molecule has 0 aliphatic carbocycles. The summed E-state index contributed by atoms with van der Waals surface area (Å²) in [4.78, 5) is 18.4. The molecule has 0 radical (unpaired) electrons. The number of thiophene rings is 1. The van der Waals surface area contributed by atoms with Gasteiger partial charge < -0.3 is 9.88 Å². The first-order chi connectivity index (χ1) is 15.6. The van der Waals surface area contributed by atoms with Crippen LogP contribution in [0.2, 0.25) is 0 Å². The predicted octanol–water partition coefficient (Wildman–Crippen LogP) is 6.14. The van der Waals surface area contributed by atoms with Crippen LogP contribution in [-0.4, -0.2) is 31.4 Å². The summed E-state index contributed by atoms with van der Waals surface area (Å²) in [6, 6.07) is 9.94. The van der Waals surface area contributed by atoms with Crippen molar-refractivity contribution in [1.29, 1.82) is 0 Å². The smallest absolute Gasteiger partial charge is 0.236 e. The molecule has 0 atom stereocenters. The lowest BCUT2D eigenvalue weighted by atomic mass is 10.1. The summed E-state index contributed by atoms with van der Waals surface area (Å²) in [5.41, 5.74) is 4.38. The van der Waals surface area contributed by atoms with Gasteiger partial charge in [0.25, 0.3) is 0 Å². The molecule has 1 N–H and O–H groups in total. The Labute approximate surface area is 200 Å². The van der Waals surface area contributed by atoms with E-state index in [0.29, 0.717) is 5.13 Å². The molecule has 3 heterocycles. The zero-order valence-corrected chi connectivity index (χ0v) is 20.7. The first kappa shape index (κ1) is 22.7. The Balaban J connectivity index is 1.44. The number of nitrogens with zero attached hydrogens (tertiary/aromatic N) is 4. The van der Waals surface area contributed by atoms with Crippen molar-refractivity contribution in [2.45, 2.75) is 45.3 Å². The third kappa shape index (κ3) is 4.95. The minimum Gasteiger partial charge on any atom is -0.302 e. The van der Waals surface area contributed by atoms with Crippen molar-refractivity contribution in [2.75, 3.05) is 11.1 Å². The highest BCUT2D eigenvalue weighted by Gasteiger charge is 2.19. The fourth-order valence-corrected chi connectivity index (χ4v) is 5.92. The lowest BCUT2D eigenvalue weighted by Crippen LogP contribution is -2.14. The number of aryl methyl sites for hydroxylation is 1. The zero-order chi connectivity index (χ0) is 22.5. The molecule has 4 rings (SSSR count). The van der Waals surface area contributed by atoms with Gasteiger partial charge in [-0.15, -0.1) is 32.9 Å². The predicted molar refractivity (Wildman–Crippen MR) is 135 cm³/mol. The number of carbonyl (C=O) groups is 1. The lowest BCUT2D eigenvalue weighted by molar-refractivity contribution is -0.113. The fourth-order valence-electron chi connectivity index (χ4n) is 3.48. The molecule has 0 saturated carbocycles. The summed E-state index contributed by atoms with van der Waals surface area (Å²) in [7, 11) is 0. The van der Waals surface area contributed by atoms with Crippen LogP contribution in [0.1, 0.15) is 30.7 Å². The van der Waals surface area contributed by atoms with Gasteiger partial charge in [-0.25, -0.2) is 4.98 Å². The zero-order valence-electron chi connectivity index (χ0n) is 18.3. The number of rotatable bonds is 9. The largest absolute Gasteiger partial charge is 0.302 e. The molecule has 0 saturated heterocycles. The SMILES string of the molecule is CCCn1c(SCC(=O)Nc2nc(-c3ccccc3)cs2)nnc1-c1csc(C)c1CC. The van der Waals surface area contributed by atoms with Gasteiger partial charge in [-0.05, 0) is 25.3 Å². The van der Waals surface area contributed by atoms with E-state index in [1.807, 2.05) is 35.7 Å².